The molecule has 1 unspecified atom stereocenters. The van der Waals surface area contributed by atoms with Crippen LogP contribution in [0, 0.1) is 11.8 Å². The number of carboxylic acid groups (broad SMARTS) is 1. The van der Waals surface area contributed by atoms with E-state index in [0.717, 1.165) is 0 Å². The molecular weight excluding hydrogens is 238 g/mol. The monoisotopic (exact) mass is 253 g/mol. The van der Waals surface area contributed by atoms with E-state index in [1.54, 1.807) is 0 Å². The molecule has 1 amide bonds. The molecule has 6 heteroatoms. The van der Waals surface area contributed by atoms with Crippen molar-refractivity contribution in [3.63, 3.8) is 0 Å². The summed E-state index contributed by atoms with van der Waals surface area (Å²) in [5.41, 5.74) is 0. The molecule has 0 radical (unpaired) electrons. The van der Waals surface area contributed by atoms with Crippen LogP contribution in [0.4, 0.5) is 4.79 Å². The molecule has 0 saturated carbocycles. The van der Waals surface area contributed by atoms with Gasteiger partial charge in [0.25, 0.3) is 0 Å². The molecule has 6 nitrogen and oxygen atoms in total. The molecule has 1 aliphatic rings. The van der Waals surface area contributed by atoms with Crippen LogP contribution < -0.4 is 0 Å². The van der Waals surface area contributed by atoms with Crippen LogP contribution in [-0.4, -0.2) is 54.5 Å². The third-order valence-corrected chi connectivity index (χ3v) is 2.25. The number of carboxylic acids is 1. The van der Waals surface area contributed by atoms with Gasteiger partial charge in [-0.2, -0.15) is 0 Å². The summed E-state index contributed by atoms with van der Waals surface area (Å²) in [6, 6.07) is 0. The van der Waals surface area contributed by atoms with Crippen LogP contribution in [-0.2, 0) is 14.3 Å². The van der Waals surface area contributed by atoms with Crippen LogP contribution >= 0.6 is 0 Å². The molecular formula is C12H15NO5. The van der Waals surface area contributed by atoms with E-state index in [9.17, 15) is 9.59 Å². The summed E-state index contributed by atoms with van der Waals surface area (Å²) in [4.78, 5) is 23.3. The van der Waals surface area contributed by atoms with Crippen molar-refractivity contribution >= 4 is 12.1 Å². The molecule has 98 valence electrons. The maximum absolute atomic E-state index is 11.6. The van der Waals surface area contributed by atoms with Crippen molar-refractivity contribution in [2.45, 2.75) is 12.5 Å². The lowest BCUT2D eigenvalue weighted by atomic mass is 10.2. The summed E-state index contributed by atoms with van der Waals surface area (Å²) in [5, 5.41) is 8.37. The molecule has 1 saturated heterocycles. The first kappa shape index (κ1) is 14.1. The second-order valence-electron chi connectivity index (χ2n) is 3.62. The van der Waals surface area contributed by atoms with Crippen LogP contribution in [0.15, 0.2) is 12.7 Å². The Morgan fingerprint density at radius 1 is 1.61 bits per heavy atom. The van der Waals surface area contributed by atoms with Gasteiger partial charge in [0.05, 0.1) is 19.3 Å². The van der Waals surface area contributed by atoms with Crippen LogP contribution in [0.1, 0.15) is 6.42 Å². The maximum Gasteiger partial charge on any atom is 0.410 e. The largest absolute Gasteiger partial charge is 0.472 e. The number of nitrogens with zero attached hydrogens (tertiary/aromatic N) is 1. The average molecular weight is 253 g/mol. The van der Waals surface area contributed by atoms with E-state index in [0.29, 0.717) is 19.7 Å². The number of hydrogen-bond acceptors (Lipinski definition) is 4. The van der Waals surface area contributed by atoms with Crippen molar-refractivity contribution in [3.8, 4) is 11.8 Å². The van der Waals surface area contributed by atoms with Gasteiger partial charge >= 0.3 is 12.1 Å². The minimum absolute atomic E-state index is 0.166. The molecule has 0 aliphatic carbocycles. The van der Waals surface area contributed by atoms with E-state index in [4.69, 9.17) is 14.6 Å². The number of amides is 1. The lowest BCUT2D eigenvalue weighted by molar-refractivity contribution is -0.130. The second-order valence-corrected chi connectivity index (χ2v) is 3.62. The smallest absolute Gasteiger partial charge is 0.410 e. The SMILES string of the molecule is C=CCOC(=O)N1CCOC(CC#CC(=O)O)C1. The number of hydrogen-bond donors (Lipinski definition) is 1. The fourth-order valence-electron chi connectivity index (χ4n) is 1.47. The topological polar surface area (TPSA) is 76.1 Å². The number of morpholine rings is 1. The Labute approximate surface area is 105 Å². The zero-order valence-electron chi connectivity index (χ0n) is 9.92. The molecule has 0 spiro atoms. The van der Waals surface area contributed by atoms with E-state index in [2.05, 4.69) is 12.5 Å². The predicted octanol–water partition coefficient (Wildman–Crippen LogP) is 0.488. The highest BCUT2D eigenvalue weighted by Gasteiger charge is 2.24. The molecule has 0 aromatic rings. The van der Waals surface area contributed by atoms with Gasteiger partial charge < -0.3 is 19.5 Å². The zero-order chi connectivity index (χ0) is 13.4. The Bertz CT molecular complexity index is 382. The molecule has 1 atom stereocenters. The van der Waals surface area contributed by atoms with Crippen molar-refractivity contribution in [2.75, 3.05) is 26.3 Å². The Hall–Kier alpha value is -2.00. The highest BCUT2D eigenvalue weighted by Crippen LogP contribution is 2.09. The average Bonchev–Trinajstić information content (AvgIpc) is 2.36. The summed E-state index contributed by atoms with van der Waals surface area (Å²) < 4.78 is 10.3. The third kappa shape index (κ3) is 4.89. The van der Waals surface area contributed by atoms with Gasteiger partial charge in [0.15, 0.2) is 0 Å². The molecule has 1 rings (SSSR count). The van der Waals surface area contributed by atoms with E-state index < -0.39 is 12.1 Å². The summed E-state index contributed by atoms with van der Waals surface area (Å²) in [7, 11) is 0. The third-order valence-electron chi connectivity index (χ3n) is 2.25. The van der Waals surface area contributed by atoms with Crippen molar-refractivity contribution in [1.29, 1.82) is 0 Å². The fourth-order valence-corrected chi connectivity index (χ4v) is 1.47. The summed E-state index contributed by atoms with van der Waals surface area (Å²) in [6.07, 6.45) is 1.07. The van der Waals surface area contributed by atoms with Crippen LogP contribution in [0.2, 0.25) is 0 Å². The number of carbonyl (C=O) groups excluding carboxylic acids is 1. The molecule has 1 N–H and O–H groups in total. The highest BCUT2D eigenvalue weighted by atomic mass is 16.6. The van der Waals surface area contributed by atoms with Gasteiger partial charge in [-0.3, -0.25) is 0 Å². The highest BCUT2D eigenvalue weighted by molar-refractivity contribution is 5.86. The zero-order valence-corrected chi connectivity index (χ0v) is 9.92. The van der Waals surface area contributed by atoms with Crippen molar-refractivity contribution < 1.29 is 24.2 Å². The predicted molar refractivity (Wildman–Crippen MR) is 62.9 cm³/mol. The fraction of sp³-hybridized carbons (Fsp3) is 0.500. The summed E-state index contributed by atoms with van der Waals surface area (Å²) >= 11 is 0. The Balaban J connectivity index is 2.41. The van der Waals surface area contributed by atoms with Gasteiger partial charge in [0.2, 0.25) is 0 Å². The van der Waals surface area contributed by atoms with Gasteiger partial charge in [0, 0.05) is 18.9 Å². The Morgan fingerprint density at radius 2 is 2.39 bits per heavy atom. The molecule has 1 aliphatic heterocycles. The first-order chi connectivity index (χ1) is 8.63. The van der Waals surface area contributed by atoms with Crippen molar-refractivity contribution in [1.82, 2.24) is 4.90 Å². The molecule has 1 fully saturated rings. The Morgan fingerprint density at radius 3 is 3.06 bits per heavy atom. The second kappa shape index (κ2) is 7.35. The van der Waals surface area contributed by atoms with Crippen LogP contribution in [0.25, 0.3) is 0 Å². The number of rotatable bonds is 3. The molecule has 0 bridgehead atoms. The number of carbonyl (C=O) groups is 2. The van der Waals surface area contributed by atoms with Gasteiger partial charge in [0.1, 0.15) is 6.61 Å². The standard InChI is InChI=1S/C12H15NO5/c1-2-7-18-12(16)13-6-8-17-10(9-13)4-3-5-11(14)15/h2,10H,1,4,6-9H2,(H,14,15). The van der Waals surface area contributed by atoms with Gasteiger partial charge in [-0.15, -0.1) is 0 Å². The molecule has 18 heavy (non-hydrogen) atoms. The maximum atomic E-state index is 11.6. The minimum atomic E-state index is -1.17. The first-order valence-electron chi connectivity index (χ1n) is 5.49. The van der Waals surface area contributed by atoms with Crippen molar-refractivity contribution in [3.05, 3.63) is 12.7 Å². The van der Waals surface area contributed by atoms with Gasteiger partial charge in [-0.25, -0.2) is 9.59 Å². The Kier molecular flexibility index (Phi) is 5.74. The van der Waals surface area contributed by atoms with E-state index in [1.165, 1.54) is 11.0 Å². The molecule has 0 aromatic heterocycles. The first-order valence-corrected chi connectivity index (χ1v) is 5.49. The van der Waals surface area contributed by atoms with Gasteiger partial charge in [-0.05, 0) is 0 Å². The van der Waals surface area contributed by atoms with Crippen molar-refractivity contribution in [2.24, 2.45) is 0 Å². The lowest BCUT2D eigenvalue weighted by Crippen LogP contribution is -2.45. The van der Waals surface area contributed by atoms with Gasteiger partial charge in [-0.1, -0.05) is 18.6 Å². The normalized spacial score (nSPS) is 18.4. The number of ether oxygens (including phenoxy) is 2. The molecule has 1 heterocycles. The lowest BCUT2D eigenvalue weighted by Gasteiger charge is -2.31. The van der Waals surface area contributed by atoms with E-state index >= 15 is 0 Å². The number of aliphatic carboxylic acids is 1. The van der Waals surface area contributed by atoms with Crippen LogP contribution in [0.5, 0.6) is 0 Å². The van der Waals surface area contributed by atoms with E-state index in [1.807, 2.05) is 5.92 Å². The van der Waals surface area contributed by atoms with E-state index in [-0.39, 0.29) is 19.1 Å². The molecule has 0 aromatic carbocycles. The quantitative estimate of drug-likeness (QED) is 0.585. The minimum Gasteiger partial charge on any atom is -0.472 e. The summed E-state index contributed by atoms with van der Waals surface area (Å²) in [6.45, 7) is 4.82. The summed E-state index contributed by atoms with van der Waals surface area (Å²) in [5.74, 6) is 3.32. The van der Waals surface area contributed by atoms with Crippen LogP contribution in [0.3, 0.4) is 0 Å².